The number of halogens is 2. The van der Waals surface area contributed by atoms with E-state index in [2.05, 4.69) is 21.2 Å². The van der Waals surface area contributed by atoms with Gasteiger partial charge in [-0.15, -0.1) is 11.3 Å². The molecule has 3 nitrogen and oxygen atoms in total. The predicted molar refractivity (Wildman–Crippen MR) is 78.0 cm³/mol. The number of benzene rings is 1. The first kappa shape index (κ1) is 13.4. The van der Waals surface area contributed by atoms with Crippen LogP contribution in [0, 0.1) is 0 Å². The van der Waals surface area contributed by atoms with Gasteiger partial charge in [-0.25, -0.2) is 0 Å². The number of amides is 1. The number of methoxy groups -OCH3 is 1. The summed E-state index contributed by atoms with van der Waals surface area (Å²) >= 11 is 10.8. The van der Waals surface area contributed by atoms with Crippen molar-refractivity contribution in [2.75, 3.05) is 12.4 Å². The number of nitrogens with one attached hydrogen (secondary N) is 1. The molecule has 6 heteroatoms. The smallest absolute Gasteiger partial charge is 0.256 e. The van der Waals surface area contributed by atoms with E-state index in [1.165, 1.54) is 11.3 Å². The molecule has 0 saturated carbocycles. The van der Waals surface area contributed by atoms with Crippen LogP contribution < -0.4 is 10.1 Å². The van der Waals surface area contributed by atoms with E-state index >= 15 is 0 Å². The fraction of sp³-hybridized carbons (Fsp3) is 0.0833. The minimum absolute atomic E-state index is 0.168. The fourth-order valence-electron chi connectivity index (χ4n) is 1.38. The summed E-state index contributed by atoms with van der Waals surface area (Å²) in [7, 11) is 1.54. The van der Waals surface area contributed by atoms with Crippen LogP contribution in [0.2, 0.25) is 5.02 Å². The van der Waals surface area contributed by atoms with Gasteiger partial charge in [-0.3, -0.25) is 4.79 Å². The summed E-state index contributed by atoms with van der Waals surface area (Å²) in [6.45, 7) is 0. The maximum Gasteiger partial charge on any atom is 0.256 e. The molecule has 0 radical (unpaired) electrons. The van der Waals surface area contributed by atoms with Crippen molar-refractivity contribution in [1.82, 2.24) is 0 Å². The largest absolute Gasteiger partial charge is 0.495 e. The van der Waals surface area contributed by atoms with Crippen molar-refractivity contribution < 1.29 is 9.53 Å². The maximum atomic E-state index is 11.9. The van der Waals surface area contributed by atoms with Crippen molar-refractivity contribution in [3.8, 4) is 5.75 Å². The summed E-state index contributed by atoms with van der Waals surface area (Å²) in [5, 5.41) is 5.01. The Morgan fingerprint density at radius 2 is 2.22 bits per heavy atom. The molecule has 0 aliphatic carbocycles. The first-order valence-corrected chi connectivity index (χ1v) is 7.04. The lowest BCUT2D eigenvalue weighted by Gasteiger charge is -2.07. The molecular weight excluding hydrogens is 338 g/mol. The Kier molecular flexibility index (Phi) is 4.27. The highest BCUT2D eigenvalue weighted by Gasteiger charge is 2.09. The number of anilines is 1. The normalized spacial score (nSPS) is 10.2. The Hall–Kier alpha value is -1.04. The second-order valence-corrected chi connectivity index (χ2v) is 6.14. The Bertz CT molecular complexity index is 585. The second-order valence-electron chi connectivity index (χ2n) is 3.44. The molecular formula is C12H9BrClNO2S. The third-order valence-corrected chi connectivity index (χ3v) is 4.04. The quantitative estimate of drug-likeness (QED) is 0.893. The van der Waals surface area contributed by atoms with E-state index in [4.69, 9.17) is 16.3 Å². The lowest BCUT2D eigenvalue weighted by atomic mass is 10.2. The zero-order valence-electron chi connectivity index (χ0n) is 9.37. The molecule has 0 spiro atoms. The first-order valence-electron chi connectivity index (χ1n) is 4.99. The molecule has 0 aliphatic heterocycles. The minimum Gasteiger partial charge on any atom is -0.495 e. The molecule has 0 bridgehead atoms. The highest BCUT2D eigenvalue weighted by Crippen LogP contribution is 2.28. The number of thiophene rings is 1. The van der Waals surface area contributed by atoms with Crippen LogP contribution in [0.5, 0.6) is 5.75 Å². The Morgan fingerprint density at radius 3 is 2.78 bits per heavy atom. The minimum atomic E-state index is -0.168. The lowest BCUT2D eigenvalue weighted by Crippen LogP contribution is -2.10. The number of carbonyl (C=O) groups is 1. The van der Waals surface area contributed by atoms with E-state index in [1.807, 2.05) is 0 Å². The summed E-state index contributed by atoms with van der Waals surface area (Å²) in [6, 6.07) is 6.87. The number of ether oxygens (including phenoxy) is 1. The molecule has 0 unspecified atom stereocenters. The molecule has 1 aromatic carbocycles. The second kappa shape index (κ2) is 5.73. The summed E-state index contributed by atoms with van der Waals surface area (Å²) in [5.41, 5.74) is 1.24. The summed E-state index contributed by atoms with van der Waals surface area (Å²) in [4.78, 5) is 11.9. The van der Waals surface area contributed by atoms with Crippen molar-refractivity contribution in [2.45, 2.75) is 0 Å². The van der Waals surface area contributed by atoms with E-state index in [0.29, 0.717) is 22.0 Å². The molecule has 1 heterocycles. The van der Waals surface area contributed by atoms with Crippen LogP contribution in [-0.4, -0.2) is 13.0 Å². The number of hydrogen-bond acceptors (Lipinski definition) is 3. The van der Waals surface area contributed by atoms with E-state index in [0.717, 1.165) is 3.79 Å². The van der Waals surface area contributed by atoms with E-state index < -0.39 is 0 Å². The molecule has 2 rings (SSSR count). The highest BCUT2D eigenvalue weighted by atomic mass is 79.9. The fourth-order valence-corrected chi connectivity index (χ4v) is 2.77. The molecule has 1 aromatic heterocycles. The molecule has 2 aromatic rings. The van der Waals surface area contributed by atoms with Gasteiger partial charge in [-0.2, -0.15) is 0 Å². The van der Waals surface area contributed by atoms with Gasteiger partial charge < -0.3 is 10.1 Å². The van der Waals surface area contributed by atoms with Crippen LogP contribution in [0.25, 0.3) is 0 Å². The van der Waals surface area contributed by atoms with Gasteiger partial charge in [-0.1, -0.05) is 11.6 Å². The zero-order valence-corrected chi connectivity index (χ0v) is 12.5. The molecule has 18 heavy (non-hydrogen) atoms. The molecule has 0 aliphatic rings. The third kappa shape index (κ3) is 3.04. The SMILES string of the molecule is COc1ccc(NC(=O)c2csc(Br)c2)cc1Cl. The van der Waals surface area contributed by atoms with Gasteiger partial charge in [-0.05, 0) is 40.2 Å². The maximum absolute atomic E-state index is 11.9. The average molecular weight is 347 g/mol. The molecule has 1 N–H and O–H groups in total. The van der Waals surface area contributed by atoms with Crippen molar-refractivity contribution in [3.05, 3.63) is 44.0 Å². The Morgan fingerprint density at radius 1 is 1.44 bits per heavy atom. The molecule has 0 saturated heterocycles. The van der Waals surface area contributed by atoms with Crippen molar-refractivity contribution in [3.63, 3.8) is 0 Å². The van der Waals surface area contributed by atoms with Crippen LogP contribution in [0.4, 0.5) is 5.69 Å². The van der Waals surface area contributed by atoms with Crippen LogP contribution in [-0.2, 0) is 0 Å². The van der Waals surface area contributed by atoms with Crippen molar-refractivity contribution in [1.29, 1.82) is 0 Å². The molecule has 0 fully saturated rings. The molecule has 0 atom stereocenters. The molecule has 1 amide bonds. The monoisotopic (exact) mass is 345 g/mol. The van der Waals surface area contributed by atoms with Crippen molar-refractivity contribution in [2.24, 2.45) is 0 Å². The van der Waals surface area contributed by atoms with E-state index in [9.17, 15) is 4.79 Å². The summed E-state index contributed by atoms with van der Waals surface area (Å²) < 4.78 is 5.96. The highest BCUT2D eigenvalue weighted by molar-refractivity contribution is 9.11. The number of rotatable bonds is 3. The lowest BCUT2D eigenvalue weighted by molar-refractivity contribution is 0.102. The van der Waals surface area contributed by atoms with Gasteiger partial charge in [0.2, 0.25) is 0 Å². The summed E-state index contributed by atoms with van der Waals surface area (Å²) in [6.07, 6.45) is 0. The van der Waals surface area contributed by atoms with Crippen LogP contribution in [0.3, 0.4) is 0 Å². The van der Waals surface area contributed by atoms with Crippen LogP contribution >= 0.6 is 38.9 Å². The standard InChI is InChI=1S/C12H9BrClNO2S/c1-17-10-3-2-8(5-9(10)14)15-12(16)7-4-11(13)18-6-7/h2-6H,1H3,(H,15,16). The Balaban J connectivity index is 2.14. The number of carbonyl (C=O) groups excluding carboxylic acids is 1. The topological polar surface area (TPSA) is 38.3 Å². The van der Waals surface area contributed by atoms with Gasteiger partial charge in [0.15, 0.2) is 0 Å². The number of hydrogen-bond donors (Lipinski definition) is 1. The van der Waals surface area contributed by atoms with Gasteiger partial charge in [0.1, 0.15) is 5.75 Å². The van der Waals surface area contributed by atoms with Gasteiger partial charge in [0.25, 0.3) is 5.91 Å². The van der Waals surface area contributed by atoms with E-state index in [1.54, 1.807) is 36.8 Å². The first-order chi connectivity index (χ1) is 8.60. The van der Waals surface area contributed by atoms with Gasteiger partial charge in [0, 0.05) is 11.1 Å². The third-order valence-electron chi connectivity index (χ3n) is 2.24. The van der Waals surface area contributed by atoms with Crippen LogP contribution in [0.15, 0.2) is 33.4 Å². The van der Waals surface area contributed by atoms with E-state index in [-0.39, 0.29) is 5.91 Å². The average Bonchev–Trinajstić information content (AvgIpc) is 2.76. The summed E-state index contributed by atoms with van der Waals surface area (Å²) in [5.74, 6) is 0.408. The van der Waals surface area contributed by atoms with Crippen molar-refractivity contribution >= 4 is 50.5 Å². The predicted octanol–water partition coefficient (Wildman–Crippen LogP) is 4.42. The van der Waals surface area contributed by atoms with Gasteiger partial charge in [0.05, 0.1) is 21.5 Å². The van der Waals surface area contributed by atoms with Gasteiger partial charge >= 0.3 is 0 Å². The van der Waals surface area contributed by atoms with Crippen LogP contribution in [0.1, 0.15) is 10.4 Å². The zero-order chi connectivity index (χ0) is 13.1. The Labute approximate surface area is 122 Å². The molecule has 94 valence electrons.